The quantitative estimate of drug-likeness (QED) is 0.142. The van der Waals surface area contributed by atoms with E-state index in [0.29, 0.717) is 58.5 Å². The highest BCUT2D eigenvalue weighted by Crippen LogP contribution is 2.35. The molecule has 1 aromatic heterocycles. The summed E-state index contributed by atoms with van der Waals surface area (Å²) in [5.74, 6) is -10.7. The highest BCUT2D eigenvalue weighted by atomic mass is 32.2. The smallest absolute Gasteiger partial charge is 0.304 e. The molecule has 21 heteroatoms. The Balaban J connectivity index is 1.71. The van der Waals surface area contributed by atoms with Crippen molar-refractivity contribution < 1.29 is 58.2 Å². The Morgan fingerprint density at radius 1 is 0.851 bits per heavy atom. The van der Waals surface area contributed by atoms with Gasteiger partial charge in [0.2, 0.25) is 35.4 Å². The Morgan fingerprint density at radius 2 is 1.52 bits per heavy atom. The van der Waals surface area contributed by atoms with Crippen molar-refractivity contribution in [3.8, 4) is 0 Å². The Kier molecular flexibility index (Phi) is 19.0. The number of aliphatic carboxylic acids is 1. The van der Waals surface area contributed by atoms with Gasteiger partial charge in [0.25, 0.3) is 0 Å². The fourth-order valence-corrected chi connectivity index (χ4v) is 10.0. The number of hydrogen-bond donors (Lipinski definition) is 9. The molecule has 1 fully saturated rings. The van der Waals surface area contributed by atoms with E-state index in [1.54, 1.807) is 45.9 Å². The maximum Gasteiger partial charge on any atom is 0.304 e. The molecule has 6 amide bonds. The molecule has 1 unspecified atom stereocenters. The van der Waals surface area contributed by atoms with E-state index < -0.39 is 139 Å². The van der Waals surface area contributed by atoms with Gasteiger partial charge in [0.1, 0.15) is 17.9 Å². The van der Waals surface area contributed by atoms with Gasteiger partial charge in [-0.05, 0) is 53.7 Å². The van der Waals surface area contributed by atoms with Crippen LogP contribution in [0.15, 0.2) is 23.2 Å². The maximum atomic E-state index is 14.6. The average Bonchev–Trinajstić information content (AvgIpc) is 3.85. The van der Waals surface area contributed by atoms with E-state index in [2.05, 4.69) is 44.2 Å². The summed E-state index contributed by atoms with van der Waals surface area (Å²) in [6, 6.07) is 0.262. The highest BCUT2D eigenvalue weighted by Gasteiger charge is 2.44. The zero-order valence-corrected chi connectivity index (χ0v) is 40.0. The normalized spacial score (nSPS) is 26.4. The lowest BCUT2D eigenvalue weighted by atomic mass is 9.86. The Bertz CT molecular complexity index is 2230. The van der Waals surface area contributed by atoms with Crippen LogP contribution in [0.25, 0.3) is 10.9 Å². The van der Waals surface area contributed by atoms with Crippen LogP contribution in [0.5, 0.6) is 0 Å². The molecule has 4 heterocycles. The Morgan fingerprint density at radius 3 is 2.19 bits per heavy atom. The molecule has 1 saturated heterocycles. The molecule has 2 aromatic rings. The van der Waals surface area contributed by atoms with Gasteiger partial charge < -0.3 is 46.7 Å². The number of rotatable bonds is 11. The molecule has 0 saturated carbocycles. The number of nitrogens with one attached hydrogen (secondary N) is 6. The predicted molar refractivity (Wildman–Crippen MR) is 250 cm³/mol. The van der Waals surface area contributed by atoms with E-state index in [-0.39, 0.29) is 37.3 Å². The number of carboxylic acid groups (broad SMARTS) is 1. The second-order valence-corrected chi connectivity index (χ2v) is 19.4. The molecule has 2 bridgehead atoms. The first-order chi connectivity index (χ1) is 31.8. The van der Waals surface area contributed by atoms with Crippen LogP contribution in [-0.2, 0) is 60.8 Å². The van der Waals surface area contributed by atoms with E-state index in [4.69, 9.17) is 0 Å². The first-order valence-electron chi connectivity index (χ1n) is 22.9. The standard InChI is InChI=1S/C46H63N7O12S2/c1-5-23(3)40-36(57)15-26-14-31-30-13-25(12-28(54)8-7-11-66)9-10-32(30)50-45(31)67-22-33(49-37(58)19-48-44(64)41(24(4)6-2)51-38(59)20-47-42(26)62)35(56)16-27(17-39(60)61)46(65)53-21-29(55)18-34(53)43(63)52-40/h9-10,13,23-24,26-27,29,33-34,40-41,50,55,66H,5-8,11-12,14-22H2,1-4H3,(H,47,62)(H,48,64)(H,49,58)(H,51,59)(H,52,63)(H,60,61)/t23?,24-,26-,27-,29+,33-,34-,40+,41-/m0/s1. The monoisotopic (exact) mass is 969 g/mol. The van der Waals surface area contributed by atoms with Crippen molar-refractivity contribution in [2.75, 3.05) is 31.1 Å². The Hall–Kier alpha value is -5.28. The molecular weight excluding hydrogens is 907 g/mol. The summed E-state index contributed by atoms with van der Waals surface area (Å²) in [5, 5.41) is 34.9. The number of aromatic nitrogens is 1. The van der Waals surface area contributed by atoms with E-state index in [0.717, 1.165) is 16.7 Å². The van der Waals surface area contributed by atoms with Gasteiger partial charge in [-0.25, -0.2) is 0 Å². The summed E-state index contributed by atoms with van der Waals surface area (Å²) < 4.78 is 0. The second-order valence-electron chi connectivity index (χ2n) is 18.0. The van der Waals surface area contributed by atoms with Crippen LogP contribution < -0.4 is 26.6 Å². The van der Waals surface area contributed by atoms with Crippen molar-refractivity contribution in [2.45, 2.75) is 127 Å². The number of carbonyl (C=O) groups excluding carboxylic acids is 9. The molecular formula is C46H63N7O12S2. The van der Waals surface area contributed by atoms with E-state index in [9.17, 15) is 58.2 Å². The molecule has 5 rings (SSSR count). The van der Waals surface area contributed by atoms with Crippen LogP contribution in [0.3, 0.4) is 0 Å². The van der Waals surface area contributed by atoms with Gasteiger partial charge in [-0.3, -0.25) is 47.9 Å². The van der Waals surface area contributed by atoms with Gasteiger partial charge in [0, 0.05) is 61.2 Å². The summed E-state index contributed by atoms with van der Waals surface area (Å²) in [5.41, 5.74) is 1.77. The molecule has 0 spiro atoms. The number of carbonyl (C=O) groups is 10. The third-order valence-corrected chi connectivity index (χ3v) is 14.4. The van der Waals surface area contributed by atoms with Crippen molar-refractivity contribution in [3.05, 3.63) is 29.3 Å². The molecule has 8 N–H and O–H groups in total. The van der Waals surface area contributed by atoms with Crippen LogP contribution in [0.2, 0.25) is 0 Å². The molecule has 67 heavy (non-hydrogen) atoms. The van der Waals surface area contributed by atoms with Crippen LogP contribution in [0.1, 0.15) is 90.2 Å². The van der Waals surface area contributed by atoms with Gasteiger partial charge in [0.15, 0.2) is 11.6 Å². The maximum absolute atomic E-state index is 14.6. The molecule has 3 aliphatic rings. The lowest BCUT2D eigenvalue weighted by molar-refractivity contribution is -0.148. The molecule has 0 aliphatic carbocycles. The summed E-state index contributed by atoms with van der Waals surface area (Å²) in [7, 11) is 0. The number of hydrogen-bond acceptors (Lipinski definition) is 13. The fraction of sp³-hybridized carbons (Fsp3) is 0.609. The summed E-state index contributed by atoms with van der Waals surface area (Å²) >= 11 is 5.30. The lowest BCUT2D eigenvalue weighted by Gasteiger charge is -2.31. The van der Waals surface area contributed by atoms with Gasteiger partial charge in [0.05, 0.1) is 48.6 Å². The van der Waals surface area contributed by atoms with Gasteiger partial charge >= 0.3 is 5.97 Å². The fourth-order valence-electron chi connectivity index (χ4n) is 8.72. The molecule has 366 valence electrons. The summed E-state index contributed by atoms with van der Waals surface area (Å²) in [6.07, 6.45) is -1.71. The summed E-state index contributed by atoms with van der Waals surface area (Å²) in [6.45, 7) is 5.48. The largest absolute Gasteiger partial charge is 0.481 e. The van der Waals surface area contributed by atoms with Crippen molar-refractivity contribution in [3.63, 3.8) is 0 Å². The van der Waals surface area contributed by atoms with Gasteiger partial charge in [-0.1, -0.05) is 46.6 Å². The van der Waals surface area contributed by atoms with Crippen LogP contribution in [0, 0.1) is 23.7 Å². The number of fused-ring (bicyclic) bond motifs is 5. The number of thiol groups is 1. The van der Waals surface area contributed by atoms with E-state index >= 15 is 0 Å². The number of carboxylic acids is 1. The number of nitrogens with zero attached hydrogens (tertiary/aromatic N) is 1. The van der Waals surface area contributed by atoms with Gasteiger partial charge in [-0.15, -0.1) is 11.8 Å². The minimum atomic E-state index is -1.54. The number of aromatic amines is 1. The topological polar surface area (TPSA) is 290 Å². The number of aliphatic hydroxyl groups is 1. The number of benzene rings is 1. The molecule has 1 aromatic carbocycles. The van der Waals surface area contributed by atoms with Crippen LogP contribution in [-0.4, -0.2) is 140 Å². The number of aliphatic hydroxyl groups excluding tert-OH is 1. The molecule has 9 atom stereocenters. The first kappa shape index (κ1) is 52.7. The van der Waals surface area contributed by atoms with E-state index in [1.165, 1.54) is 0 Å². The van der Waals surface area contributed by atoms with Crippen molar-refractivity contribution in [1.29, 1.82) is 0 Å². The SMILES string of the molecule is CCC(C)[C@H]1NC(=O)[C@@H]2C[C@@H](O)CN2C(=O)[C@H](CC(=O)O)CC(=O)[C@@H]2CSc3[nH]c4ccc(CC(=O)CCCS)cc4c3C[C@@H](CC1=O)C(=O)NCC(=O)N[C@@H]([C@@H](C)CC)C(=O)NCC(=O)N2. The van der Waals surface area contributed by atoms with Crippen molar-refractivity contribution >= 4 is 94.1 Å². The first-order valence-corrected chi connectivity index (χ1v) is 24.5. The van der Waals surface area contributed by atoms with Crippen LogP contribution >= 0.6 is 24.4 Å². The van der Waals surface area contributed by atoms with Crippen molar-refractivity contribution in [2.24, 2.45) is 23.7 Å². The molecule has 3 aliphatic heterocycles. The average molecular weight is 970 g/mol. The predicted octanol–water partition coefficient (Wildman–Crippen LogP) is 1.02. The molecule has 0 radical (unpaired) electrons. The second kappa shape index (κ2) is 24.1. The zero-order chi connectivity index (χ0) is 49.1. The van der Waals surface area contributed by atoms with E-state index in [1.807, 2.05) is 0 Å². The zero-order valence-electron chi connectivity index (χ0n) is 38.3. The minimum Gasteiger partial charge on any atom is -0.481 e. The number of H-pyrrole nitrogens is 1. The third kappa shape index (κ3) is 13.9. The Labute approximate surface area is 398 Å². The third-order valence-electron chi connectivity index (χ3n) is 12.9. The number of amides is 6. The van der Waals surface area contributed by atoms with Crippen molar-refractivity contribution in [1.82, 2.24) is 36.5 Å². The number of ketones is 3. The van der Waals surface area contributed by atoms with Gasteiger partial charge in [-0.2, -0.15) is 12.6 Å². The lowest BCUT2D eigenvalue weighted by Crippen LogP contribution is -2.55. The number of Topliss-reactive ketones (excluding diaryl/α,β-unsaturated/α-hetero) is 3. The number of thioether (sulfide) groups is 1. The summed E-state index contributed by atoms with van der Waals surface area (Å²) in [4.78, 5) is 142. The highest BCUT2D eigenvalue weighted by molar-refractivity contribution is 7.99. The molecule has 19 nitrogen and oxygen atoms in total. The van der Waals surface area contributed by atoms with Crippen LogP contribution in [0.4, 0.5) is 0 Å². The minimum absolute atomic E-state index is 0.0144.